The highest BCUT2D eigenvalue weighted by molar-refractivity contribution is 6.35. The summed E-state index contributed by atoms with van der Waals surface area (Å²) in [6, 6.07) is 6.98. The summed E-state index contributed by atoms with van der Waals surface area (Å²) in [5.41, 5.74) is 3.66. The molecular weight excluding hydrogens is 254 g/mol. The Balaban J connectivity index is 2.43. The molecule has 0 radical (unpaired) electrons. The Bertz CT molecular complexity index is 465. The maximum Gasteiger partial charge on any atom is 0.329 e. The van der Waals surface area contributed by atoms with Gasteiger partial charge in [-0.2, -0.15) is 5.10 Å². The van der Waals surface area contributed by atoms with E-state index in [-0.39, 0.29) is 6.54 Å². The van der Waals surface area contributed by atoms with Crippen LogP contribution < -0.4 is 10.7 Å². The van der Waals surface area contributed by atoms with Crippen molar-refractivity contribution in [3.05, 3.63) is 34.9 Å². The van der Waals surface area contributed by atoms with Crippen LogP contribution in [0.25, 0.3) is 0 Å². The molecule has 0 saturated heterocycles. The normalized spacial score (nSPS) is 9.50. The fourth-order valence-corrected chi connectivity index (χ4v) is 1.20. The van der Waals surface area contributed by atoms with Crippen molar-refractivity contribution < 1.29 is 9.59 Å². The number of hydrogen-bond donors (Lipinski definition) is 2. The van der Waals surface area contributed by atoms with Gasteiger partial charge in [0.2, 0.25) is 0 Å². The molecular formula is C12H14ClN3O2. The fraction of sp³-hybridized carbons (Fsp3) is 0.250. The SMILES string of the molecule is CC(C)=NNC(=O)C(=O)NCc1ccc(Cl)cc1. The van der Waals surface area contributed by atoms with E-state index in [1.54, 1.807) is 38.1 Å². The lowest BCUT2D eigenvalue weighted by Crippen LogP contribution is -2.37. The number of benzene rings is 1. The Kier molecular flexibility index (Phi) is 5.32. The Morgan fingerprint density at radius 3 is 2.33 bits per heavy atom. The summed E-state index contributed by atoms with van der Waals surface area (Å²) in [5, 5.41) is 6.75. The van der Waals surface area contributed by atoms with Crippen LogP contribution in [-0.2, 0) is 16.1 Å². The van der Waals surface area contributed by atoms with Crippen LogP contribution in [-0.4, -0.2) is 17.5 Å². The molecule has 96 valence electrons. The molecule has 0 heterocycles. The zero-order valence-electron chi connectivity index (χ0n) is 10.2. The summed E-state index contributed by atoms with van der Waals surface area (Å²) < 4.78 is 0. The Morgan fingerprint density at radius 1 is 1.17 bits per heavy atom. The summed E-state index contributed by atoms with van der Waals surface area (Å²) >= 11 is 5.73. The van der Waals surface area contributed by atoms with Crippen LogP contribution in [0.15, 0.2) is 29.4 Å². The minimum absolute atomic E-state index is 0.262. The number of hydrogen-bond acceptors (Lipinski definition) is 3. The molecule has 0 atom stereocenters. The lowest BCUT2D eigenvalue weighted by Gasteiger charge is -2.04. The van der Waals surface area contributed by atoms with Gasteiger partial charge in [0, 0.05) is 17.3 Å². The lowest BCUT2D eigenvalue weighted by molar-refractivity contribution is -0.139. The molecule has 0 fully saturated rings. The standard InChI is InChI=1S/C12H14ClN3O2/c1-8(2)15-16-12(18)11(17)14-7-9-3-5-10(13)6-4-9/h3-6H,7H2,1-2H3,(H,14,17)(H,16,18). The first-order valence-corrected chi connectivity index (χ1v) is 5.70. The van der Waals surface area contributed by atoms with E-state index in [4.69, 9.17) is 11.6 Å². The lowest BCUT2D eigenvalue weighted by atomic mass is 10.2. The van der Waals surface area contributed by atoms with E-state index in [1.807, 2.05) is 0 Å². The average molecular weight is 268 g/mol. The number of halogens is 1. The summed E-state index contributed by atoms with van der Waals surface area (Å²) in [6.45, 7) is 3.69. The molecule has 0 bridgehead atoms. The van der Waals surface area contributed by atoms with Gasteiger partial charge < -0.3 is 5.32 Å². The fourth-order valence-electron chi connectivity index (χ4n) is 1.08. The third-order valence-electron chi connectivity index (χ3n) is 1.95. The molecule has 5 nitrogen and oxygen atoms in total. The van der Waals surface area contributed by atoms with E-state index in [0.29, 0.717) is 10.7 Å². The Labute approximate surface area is 110 Å². The van der Waals surface area contributed by atoms with Gasteiger partial charge in [0.1, 0.15) is 0 Å². The predicted octanol–water partition coefficient (Wildman–Crippen LogP) is 1.47. The van der Waals surface area contributed by atoms with Gasteiger partial charge >= 0.3 is 11.8 Å². The molecule has 2 amide bonds. The van der Waals surface area contributed by atoms with Gasteiger partial charge in [0.05, 0.1) is 0 Å². The van der Waals surface area contributed by atoms with Crippen LogP contribution in [0.3, 0.4) is 0 Å². The quantitative estimate of drug-likeness (QED) is 0.495. The summed E-state index contributed by atoms with van der Waals surface area (Å²) in [6.07, 6.45) is 0. The molecule has 0 aliphatic rings. The third-order valence-corrected chi connectivity index (χ3v) is 2.21. The highest BCUT2D eigenvalue weighted by Crippen LogP contribution is 2.08. The average Bonchev–Trinajstić information content (AvgIpc) is 2.34. The van der Waals surface area contributed by atoms with Gasteiger partial charge in [0.15, 0.2) is 0 Å². The van der Waals surface area contributed by atoms with Gasteiger partial charge in [-0.05, 0) is 31.5 Å². The first-order chi connectivity index (χ1) is 8.49. The van der Waals surface area contributed by atoms with Crippen molar-refractivity contribution in [1.29, 1.82) is 0 Å². The molecule has 1 aromatic rings. The molecule has 0 aromatic heterocycles. The highest BCUT2D eigenvalue weighted by Gasteiger charge is 2.11. The van der Waals surface area contributed by atoms with Gasteiger partial charge in [0.25, 0.3) is 0 Å². The minimum Gasteiger partial charge on any atom is -0.344 e. The second-order valence-electron chi connectivity index (χ2n) is 3.81. The van der Waals surface area contributed by atoms with Crippen molar-refractivity contribution in [3.63, 3.8) is 0 Å². The van der Waals surface area contributed by atoms with Crippen molar-refractivity contribution in [2.75, 3.05) is 0 Å². The Hall–Kier alpha value is -1.88. The van der Waals surface area contributed by atoms with Gasteiger partial charge in [-0.3, -0.25) is 9.59 Å². The van der Waals surface area contributed by atoms with Crippen molar-refractivity contribution in [2.24, 2.45) is 5.10 Å². The first-order valence-electron chi connectivity index (χ1n) is 5.32. The van der Waals surface area contributed by atoms with Crippen LogP contribution in [0.1, 0.15) is 19.4 Å². The number of nitrogens with one attached hydrogen (secondary N) is 2. The second-order valence-corrected chi connectivity index (χ2v) is 4.25. The van der Waals surface area contributed by atoms with E-state index in [1.165, 1.54) is 0 Å². The number of hydrazone groups is 1. The van der Waals surface area contributed by atoms with E-state index in [2.05, 4.69) is 15.8 Å². The van der Waals surface area contributed by atoms with Crippen molar-refractivity contribution in [1.82, 2.24) is 10.7 Å². The van der Waals surface area contributed by atoms with Crippen LogP contribution in [0.4, 0.5) is 0 Å². The maximum atomic E-state index is 11.4. The molecule has 0 spiro atoms. The van der Waals surface area contributed by atoms with E-state index >= 15 is 0 Å². The van der Waals surface area contributed by atoms with E-state index in [0.717, 1.165) is 5.56 Å². The zero-order chi connectivity index (χ0) is 13.5. The molecule has 2 N–H and O–H groups in total. The molecule has 6 heteroatoms. The number of amides is 2. The molecule has 0 unspecified atom stereocenters. The monoisotopic (exact) mass is 267 g/mol. The van der Waals surface area contributed by atoms with Crippen molar-refractivity contribution >= 4 is 29.1 Å². The maximum absolute atomic E-state index is 11.4. The second kappa shape index (κ2) is 6.76. The molecule has 18 heavy (non-hydrogen) atoms. The number of carbonyl (C=O) groups excluding carboxylic acids is 2. The van der Waals surface area contributed by atoms with Crippen molar-refractivity contribution in [3.8, 4) is 0 Å². The first kappa shape index (κ1) is 14.2. The predicted molar refractivity (Wildman–Crippen MR) is 70.2 cm³/mol. The summed E-state index contributed by atoms with van der Waals surface area (Å²) in [7, 11) is 0. The van der Waals surface area contributed by atoms with Gasteiger partial charge in [-0.15, -0.1) is 0 Å². The molecule has 0 aliphatic heterocycles. The van der Waals surface area contributed by atoms with Crippen LogP contribution in [0.5, 0.6) is 0 Å². The molecule has 1 rings (SSSR count). The third kappa shape index (κ3) is 4.97. The summed E-state index contributed by atoms with van der Waals surface area (Å²) in [5.74, 6) is -1.51. The number of rotatable bonds is 3. The summed E-state index contributed by atoms with van der Waals surface area (Å²) in [4.78, 5) is 22.6. The minimum atomic E-state index is -0.787. The van der Waals surface area contributed by atoms with Crippen LogP contribution in [0, 0.1) is 0 Å². The van der Waals surface area contributed by atoms with Gasteiger partial charge in [-0.25, -0.2) is 5.43 Å². The molecule has 0 aliphatic carbocycles. The zero-order valence-corrected chi connectivity index (χ0v) is 10.9. The van der Waals surface area contributed by atoms with Crippen LogP contribution in [0.2, 0.25) is 5.02 Å². The van der Waals surface area contributed by atoms with Crippen molar-refractivity contribution in [2.45, 2.75) is 20.4 Å². The smallest absolute Gasteiger partial charge is 0.329 e. The highest BCUT2D eigenvalue weighted by atomic mass is 35.5. The Morgan fingerprint density at radius 2 is 1.78 bits per heavy atom. The van der Waals surface area contributed by atoms with Crippen LogP contribution >= 0.6 is 11.6 Å². The number of nitrogens with zero attached hydrogens (tertiary/aromatic N) is 1. The van der Waals surface area contributed by atoms with E-state index < -0.39 is 11.8 Å². The van der Waals surface area contributed by atoms with Gasteiger partial charge in [-0.1, -0.05) is 23.7 Å². The number of carbonyl (C=O) groups is 2. The molecule has 1 aromatic carbocycles. The molecule has 0 saturated carbocycles. The topological polar surface area (TPSA) is 70.6 Å². The largest absolute Gasteiger partial charge is 0.344 e. The van der Waals surface area contributed by atoms with E-state index in [9.17, 15) is 9.59 Å².